The molecule has 2 nitrogen and oxygen atoms in total. The fourth-order valence-electron chi connectivity index (χ4n) is 1.75. The molecule has 0 N–H and O–H groups in total. The minimum absolute atomic E-state index is 0.129. The van der Waals surface area contributed by atoms with Gasteiger partial charge in [0.15, 0.2) is 0 Å². The van der Waals surface area contributed by atoms with Crippen molar-refractivity contribution in [1.29, 1.82) is 5.26 Å². The van der Waals surface area contributed by atoms with Gasteiger partial charge in [-0.25, -0.2) is 0 Å². The van der Waals surface area contributed by atoms with Crippen LogP contribution < -0.4 is 4.74 Å². The number of ether oxygens (including phenoxy) is 1. The third-order valence-electron chi connectivity index (χ3n) is 2.45. The number of halogens is 3. The molecule has 0 aromatic heterocycles. The zero-order valence-electron chi connectivity index (χ0n) is 9.16. The van der Waals surface area contributed by atoms with Gasteiger partial charge in [0.05, 0.1) is 12.5 Å². The number of rotatable bonds is 2. The van der Waals surface area contributed by atoms with Crippen LogP contribution in [0.3, 0.4) is 0 Å². The largest absolute Gasteiger partial charge is 0.573 e. The van der Waals surface area contributed by atoms with Crippen molar-refractivity contribution in [2.24, 2.45) is 0 Å². The SMILES string of the molecule is N#CCc1ccc2ccccc2c1OC(F)(F)F. The number of hydrogen-bond donors (Lipinski definition) is 0. The Kier molecular flexibility index (Phi) is 3.11. The lowest BCUT2D eigenvalue weighted by Gasteiger charge is -2.14. The second kappa shape index (κ2) is 4.57. The van der Waals surface area contributed by atoms with Crippen molar-refractivity contribution in [2.45, 2.75) is 12.8 Å². The van der Waals surface area contributed by atoms with E-state index in [2.05, 4.69) is 4.74 Å². The second-order valence-corrected chi connectivity index (χ2v) is 3.66. The molecule has 0 heterocycles. The second-order valence-electron chi connectivity index (χ2n) is 3.66. The van der Waals surface area contributed by atoms with Gasteiger partial charge in [-0.1, -0.05) is 36.4 Å². The van der Waals surface area contributed by atoms with Crippen molar-refractivity contribution in [1.82, 2.24) is 0 Å². The number of benzene rings is 2. The summed E-state index contributed by atoms with van der Waals surface area (Å²) in [7, 11) is 0. The number of hydrogen-bond acceptors (Lipinski definition) is 2. The summed E-state index contributed by atoms with van der Waals surface area (Å²) >= 11 is 0. The summed E-state index contributed by atoms with van der Waals surface area (Å²) in [6.45, 7) is 0. The van der Waals surface area contributed by atoms with E-state index < -0.39 is 6.36 Å². The zero-order valence-corrected chi connectivity index (χ0v) is 9.16. The van der Waals surface area contributed by atoms with Gasteiger partial charge in [-0.3, -0.25) is 0 Å². The molecule has 0 saturated heterocycles. The minimum atomic E-state index is -4.77. The average Bonchev–Trinajstić information content (AvgIpc) is 2.31. The minimum Gasteiger partial charge on any atom is -0.405 e. The lowest BCUT2D eigenvalue weighted by Crippen LogP contribution is -2.18. The molecule has 0 aliphatic rings. The van der Waals surface area contributed by atoms with Crippen molar-refractivity contribution in [3.8, 4) is 11.8 Å². The standard InChI is InChI=1S/C13H8F3NO/c14-13(15,16)18-12-10(7-8-17)6-5-9-3-1-2-4-11(9)12/h1-6H,7H2. The van der Waals surface area contributed by atoms with Crippen molar-refractivity contribution in [3.63, 3.8) is 0 Å². The Morgan fingerprint density at radius 1 is 1.11 bits per heavy atom. The maximum absolute atomic E-state index is 12.4. The highest BCUT2D eigenvalue weighted by atomic mass is 19.4. The smallest absolute Gasteiger partial charge is 0.405 e. The Bertz CT molecular complexity index is 614. The molecule has 0 radical (unpaired) electrons. The highest BCUT2D eigenvalue weighted by molar-refractivity contribution is 5.89. The van der Waals surface area contributed by atoms with E-state index in [1.165, 1.54) is 12.1 Å². The monoisotopic (exact) mass is 251 g/mol. The van der Waals surface area contributed by atoms with E-state index in [9.17, 15) is 13.2 Å². The molecule has 2 aromatic rings. The van der Waals surface area contributed by atoms with Gasteiger partial charge in [-0.15, -0.1) is 13.2 Å². The number of nitrogens with zero attached hydrogens (tertiary/aromatic N) is 1. The van der Waals surface area contributed by atoms with Crippen LogP contribution in [0, 0.1) is 11.3 Å². The van der Waals surface area contributed by atoms with Crippen molar-refractivity contribution >= 4 is 10.8 Å². The fourth-order valence-corrected chi connectivity index (χ4v) is 1.75. The van der Waals surface area contributed by atoms with Gasteiger partial charge in [0.2, 0.25) is 0 Å². The molecule has 5 heteroatoms. The van der Waals surface area contributed by atoms with Crippen LogP contribution in [0.1, 0.15) is 5.56 Å². The summed E-state index contributed by atoms with van der Waals surface area (Å²) in [6, 6.07) is 11.6. The Hall–Kier alpha value is -2.22. The molecule has 18 heavy (non-hydrogen) atoms. The summed E-state index contributed by atoms with van der Waals surface area (Å²) < 4.78 is 41.2. The van der Waals surface area contributed by atoms with Gasteiger partial charge in [-0.05, 0) is 5.39 Å². The molecule has 0 bridgehead atoms. The van der Waals surface area contributed by atoms with E-state index in [0.29, 0.717) is 10.8 Å². The first-order valence-electron chi connectivity index (χ1n) is 5.14. The van der Waals surface area contributed by atoms with Gasteiger partial charge < -0.3 is 4.74 Å². The molecule has 0 aliphatic carbocycles. The third-order valence-corrected chi connectivity index (χ3v) is 2.45. The molecule has 0 amide bonds. The van der Waals surface area contributed by atoms with Gasteiger partial charge in [-0.2, -0.15) is 5.26 Å². The Balaban J connectivity index is 2.63. The Morgan fingerprint density at radius 3 is 2.50 bits per heavy atom. The van der Waals surface area contributed by atoms with Crippen molar-refractivity contribution in [2.75, 3.05) is 0 Å². The van der Waals surface area contributed by atoms with Gasteiger partial charge in [0, 0.05) is 10.9 Å². The third kappa shape index (κ3) is 2.54. The number of fused-ring (bicyclic) bond motifs is 1. The average molecular weight is 251 g/mol. The first kappa shape index (κ1) is 12.2. The van der Waals surface area contributed by atoms with Gasteiger partial charge >= 0.3 is 6.36 Å². The molecule has 92 valence electrons. The number of alkyl halides is 3. The normalized spacial score (nSPS) is 11.2. The van der Waals surface area contributed by atoms with Gasteiger partial charge in [0.25, 0.3) is 0 Å². The topological polar surface area (TPSA) is 33.0 Å². The highest BCUT2D eigenvalue weighted by Gasteiger charge is 2.32. The van der Waals surface area contributed by atoms with E-state index in [-0.39, 0.29) is 17.7 Å². The summed E-state index contributed by atoms with van der Waals surface area (Å²) in [5.74, 6) is -0.290. The summed E-state index contributed by atoms with van der Waals surface area (Å²) in [6.07, 6.45) is -4.90. The Labute approximate surface area is 101 Å². The highest BCUT2D eigenvalue weighted by Crippen LogP contribution is 2.34. The van der Waals surface area contributed by atoms with Gasteiger partial charge in [0.1, 0.15) is 5.75 Å². The van der Waals surface area contributed by atoms with Crippen LogP contribution in [0.25, 0.3) is 10.8 Å². The predicted molar refractivity (Wildman–Crippen MR) is 59.9 cm³/mol. The quantitative estimate of drug-likeness (QED) is 0.813. The lowest BCUT2D eigenvalue weighted by atomic mass is 10.0. The van der Waals surface area contributed by atoms with Crippen LogP contribution in [-0.2, 0) is 6.42 Å². The van der Waals surface area contributed by atoms with Crippen molar-refractivity contribution < 1.29 is 17.9 Å². The molecular formula is C13H8F3NO. The Morgan fingerprint density at radius 2 is 1.83 bits per heavy atom. The van der Waals surface area contributed by atoms with Crippen LogP contribution in [-0.4, -0.2) is 6.36 Å². The summed E-state index contributed by atoms with van der Waals surface area (Å²) in [5.41, 5.74) is 0.230. The fraction of sp³-hybridized carbons (Fsp3) is 0.154. The predicted octanol–water partition coefficient (Wildman–Crippen LogP) is 3.80. The van der Waals surface area contributed by atoms with Crippen LogP contribution in [0.5, 0.6) is 5.75 Å². The van der Waals surface area contributed by atoms with E-state index in [4.69, 9.17) is 5.26 Å². The molecule has 0 atom stereocenters. The maximum atomic E-state index is 12.4. The van der Waals surface area contributed by atoms with Crippen LogP contribution in [0.15, 0.2) is 36.4 Å². The molecular weight excluding hydrogens is 243 g/mol. The molecule has 0 spiro atoms. The number of nitriles is 1. The summed E-state index contributed by atoms with van der Waals surface area (Å²) in [4.78, 5) is 0. The van der Waals surface area contributed by atoms with Crippen LogP contribution in [0.2, 0.25) is 0 Å². The van der Waals surface area contributed by atoms with Crippen LogP contribution >= 0.6 is 0 Å². The lowest BCUT2D eigenvalue weighted by molar-refractivity contribution is -0.274. The molecule has 0 fully saturated rings. The van der Waals surface area contributed by atoms with E-state index >= 15 is 0 Å². The maximum Gasteiger partial charge on any atom is 0.573 e. The zero-order chi connectivity index (χ0) is 13.2. The molecule has 0 unspecified atom stereocenters. The summed E-state index contributed by atoms with van der Waals surface area (Å²) in [5, 5.41) is 9.61. The molecule has 0 saturated carbocycles. The first-order chi connectivity index (χ1) is 8.51. The molecule has 2 aromatic carbocycles. The molecule has 2 rings (SSSR count). The van der Waals surface area contributed by atoms with E-state index in [1.807, 2.05) is 6.07 Å². The van der Waals surface area contributed by atoms with E-state index in [1.54, 1.807) is 24.3 Å². The molecule has 0 aliphatic heterocycles. The van der Waals surface area contributed by atoms with Crippen LogP contribution in [0.4, 0.5) is 13.2 Å². The van der Waals surface area contributed by atoms with Crippen molar-refractivity contribution in [3.05, 3.63) is 42.0 Å². The first-order valence-corrected chi connectivity index (χ1v) is 5.14. The van der Waals surface area contributed by atoms with E-state index in [0.717, 1.165) is 0 Å².